The summed E-state index contributed by atoms with van der Waals surface area (Å²) in [5.74, 6) is 0.697. The van der Waals surface area contributed by atoms with Crippen LogP contribution in [0.4, 0.5) is 0 Å². The molecule has 17 heavy (non-hydrogen) atoms. The van der Waals surface area contributed by atoms with Crippen molar-refractivity contribution < 1.29 is 4.79 Å². The van der Waals surface area contributed by atoms with E-state index in [0.29, 0.717) is 12.3 Å². The zero-order valence-electron chi connectivity index (χ0n) is 10.9. The third kappa shape index (κ3) is 5.31. The summed E-state index contributed by atoms with van der Waals surface area (Å²) in [6.07, 6.45) is 5.38. The predicted octanol–water partition coefficient (Wildman–Crippen LogP) is 3.54. The zero-order valence-corrected chi connectivity index (χ0v) is 11.7. The number of unbranched alkanes of at least 4 members (excludes halogenated alkanes) is 1. The van der Waals surface area contributed by atoms with E-state index in [2.05, 4.69) is 31.1 Å². The first-order valence-corrected chi connectivity index (χ1v) is 7.20. The molecule has 0 fully saturated rings. The second-order valence-electron chi connectivity index (χ2n) is 4.72. The maximum absolute atomic E-state index is 11.8. The van der Waals surface area contributed by atoms with Gasteiger partial charge in [0.1, 0.15) is 5.01 Å². The molecule has 1 N–H and O–H groups in total. The van der Waals surface area contributed by atoms with Crippen LogP contribution in [0.25, 0.3) is 0 Å². The Morgan fingerprint density at radius 2 is 2.29 bits per heavy atom. The number of nitrogens with zero attached hydrogens (tertiary/aromatic N) is 1. The molecule has 1 heterocycles. The lowest BCUT2D eigenvalue weighted by molar-refractivity contribution is -0.122. The van der Waals surface area contributed by atoms with E-state index in [1.54, 1.807) is 17.5 Å². The van der Waals surface area contributed by atoms with E-state index in [9.17, 15) is 4.79 Å². The molecule has 0 radical (unpaired) electrons. The molecule has 0 saturated heterocycles. The standard InChI is InChI=1S/C13H22N2OS/c1-4-5-6-12(16)15-11(9-10(2)3)13-14-7-8-17-13/h7-8,10-11H,4-6,9H2,1-3H3,(H,15,16). The number of carbonyl (C=O) groups is 1. The molecule has 96 valence electrons. The van der Waals surface area contributed by atoms with Crippen LogP contribution in [0.2, 0.25) is 0 Å². The molecule has 0 aliphatic carbocycles. The number of hydrogen-bond donors (Lipinski definition) is 1. The molecule has 1 atom stereocenters. The molecule has 1 aromatic rings. The van der Waals surface area contributed by atoms with Crippen molar-refractivity contribution in [1.29, 1.82) is 0 Å². The Labute approximate surface area is 108 Å². The van der Waals surface area contributed by atoms with Gasteiger partial charge in [0.05, 0.1) is 6.04 Å². The normalized spacial score (nSPS) is 12.7. The fourth-order valence-electron chi connectivity index (χ4n) is 1.70. The molecule has 0 aliphatic heterocycles. The van der Waals surface area contributed by atoms with Gasteiger partial charge in [-0.2, -0.15) is 0 Å². The molecule has 1 aromatic heterocycles. The summed E-state index contributed by atoms with van der Waals surface area (Å²) in [5, 5.41) is 6.07. The molecular weight excluding hydrogens is 232 g/mol. The maximum atomic E-state index is 11.8. The highest BCUT2D eigenvalue weighted by atomic mass is 32.1. The molecule has 0 saturated carbocycles. The third-order valence-corrected chi connectivity index (χ3v) is 3.44. The van der Waals surface area contributed by atoms with Crippen molar-refractivity contribution in [3.05, 3.63) is 16.6 Å². The van der Waals surface area contributed by atoms with Gasteiger partial charge in [0, 0.05) is 18.0 Å². The van der Waals surface area contributed by atoms with E-state index in [0.717, 1.165) is 24.3 Å². The van der Waals surface area contributed by atoms with Gasteiger partial charge in [-0.15, -0.1) is 11.3 Å². The smallest absolute Gasteiger partial charge is 0.220 e. The fraction of sp³-hybridized carbons (Fsp3) is 0.692. The van der Waals surface area contributed by atoms with Crippen LogP contribution in [0.15, 0.2) is 11.6 Å². The van der Waals surface area contributed by atoms with Crippen LogP contribution in [-0.2, 0) is 4.79 Å². The lowest BCUT2D eigenvalue weighted by atomic mass is 10.0. The van der Waals surface area contributed by atoms with Gasteiger partial charge in [-0.3, -0.25) is 4.79 Å². The Morgan fingerprint density at radius 3 is 2.82 bits per heavy atom. The zero-order chi connectivity index (χ0) is 12.7. The highest BCUT2D eigenvalue weighted by molar-refractivity contribution is 7.09. The van der Waals surface area contributed by atoms with Crippen LogP contribution in [0.3, 0.4) is 0 Å². The monoisotopic (exact) mass is 254 g/mol. The van der Waals surface area contributed by atoms with Crippen LogP contribution < -0.4 is 5.32 Å². The quantitative estimate of drug-likeness (QED) is 0.808. The van der Waals surface area contributed by atoms with Crippen LogP contribution in [0.1, 0.15) is 57.5 Å². The van der Waals surface area contributed by atoms with Crippen LogP contribution in [-0.4, -0.2) is 10.9 Å². The van der Waals surface area contributed by atoms with Crippen LogP contribution in [0, 0.1) is 5.92 Å². The number of amides is 1. The first kappa shape index (κ1) is 14.2. The Kier molecular flexibility index (Phi) is 6.19. The molecule has 4 heteroatoms. The molecule has 1 amide bonds. The summed E-state index contributed by atoms with van der Waals surface area (Å²) in [5.41, 5.74) is 0. The summed E-state index contributed by atoms with van der Waals surface area (Å²) >= 11 is 1.61. The molecule has 0 aromatic carbocycles. The van der Waals surface area contributed by atoms with Crippen molar-refractivity contribution in [2.75, 3.05) is 0 Å². The van der Waals surface area contributed by atoms with E-state index in [-0.39, 0.29) is 11.9 Å². The van der Waals surface area contributed by atoms with Gasteiger partial charge in [-0.1, -0.05) is 27.2 Å². The van der Waals surface area contributed by atoms with E-state index >= 15 is 0 Å². The van der Waals surface area contributed by atoms with E-state index in [1.807, 2.05) is 5.38 Å². The first-order valence-electron chi connectivity index (χ1n) is 6.32. The summed E-state index contributed by atoms with van der Waals surface area (Å²) in [7, 11) is 0. The molecule has 0 spiro atoms. The van der Waals surface area contributed by atoms with Crippen LogP contribution >= 0.6 is 11.3 Å². The minimum atomic E-state index is 0.0827. The molecule has 1 rings (SSSR count). The number of hydrogen-bond acceptors (Lipinski definition) is 3. The third-order valence-electron chi connectivity index (χ3n) is 2.55. The van der Waals surface area contributed by atoms with Gasteiger partial charge in [0.25, 0.3) is 0 Å². The van der Waals surface area contributed by atoms with Gasteiger partial charge in [0.15, 0.2) is 0 Å². The van der Waals surface area contributed by atoms with Crippen molar-refractivity contribution in [2.45, 2.75) is 52.5 Å². The molecule has 0 aliphatic rings. The summed E-state index contributed by atoms with van der Waals surface area (Å²) < 4.78 is 0. The minimum Gasteiger partial charge on any atom is -0.347 e. The topological polar surface area (TPSA) is 42.0 Å². The van der Waals surface area contributed by atoms with Crippen molar-refractivity contribution in [3.63, 3.8) is 0 Å². The molecule has 0 bridgehead atoms. The van der Waals surface area contributed by atoms with E-state index in [1.165, 1.54) is 0 Å². The molecule has 1 unspecified atom stereocenters. The van der Waals surface area contributed by atoms with E-state index in [4.69, 9.17) is 0 Å². The second-order valence-corrected chi connectivity index (χ2v) is 5.65. The van der Waals surface area contributed by atoms with Gasteiger partial charge >= 0.3 is 0 Å². The molecule has 3 nitrogen and oxygen atoms in total. The van der Waals surface area contributed by atoms with Gasteiger partial charge in [-0.05, 0) is 18.8 Å². The van der Waals surface area contributed by atoms with Gasteiger partial charge < -0.3 is 5.32 Å². The Balaban J connectivity index is 2.55. The lowest BCUT2D eigenvalue weighted by Gasteiger charge is -2.18. The summed E-state index contributed by atoms with van der Waals surface area (Å²) in [6, 6.07) is 0.0827. The van der Waals surface area contributed by atoms with Crippen molar-refractivity contribution in [1.82, 2.24) is 10.3 Å². The largest absolute Gasteiger partial charge is 0.347 e. The van der Waals surface area contributed by atoms with Crippen molar-refractivity contribution >= 4 is 17.2 Å². The number of carbonyl (C=O) groups excluding carboxylic acids is 1. The van der Waals surface area contributed by atoms with Crippen molar-refractivity contribution in [3.8, 4) is 0 Å². The highest BCUT2D eigenvalue weighted by Gasteiger charge is 2.17. The Bertz CT molecular complexity index is 322. The number of nitrogens with one attached hydrogen (secondary N) is 1. The van der Waals surface area contributed by atoms with Crippen molar-refractivity contribution in [2.24, 2.45) is 5.92 Å². The second kappa shape index (κ2) is 7.43. The SMILES string of the molecule is CCCCC(=O)NC(CC(C)C)c1nccs1. The average molecular weight is 254 g/mol. The maximum Gasteiger partial charge on any atom is 0.220 e. The number of rotatable bonds is 7. The highest BCUT2D eigenvalue weighted by Crippen LogP contribution is 2.23. The van der Waals surface area contributed by atoms with Gasteiger partial charge in [0.2, 0.25) is 5.91 Å². The first-order chi connectivity index (χ1) is 8.13. The Hall–Kier alpha value is -0.900. The summed E-state index contributed by atoms with van der Waals surface area (Å²) in [6.45, 7) is 6.43. The summed E-state index contributed by atoms with van der Waals surface area (Å²) in [4.78, 5) is 16.1. The molecular formula is C13H22N2OS. The lowest BCUT2D eigenvalue weighted by Crippen LogP contribution is -2.29. The minimum absolute atomic E-state index is 0.0827. The fourth-order valence-corrected chi connectivity index (χ4v) is 2.41. The number of thiazole rings is 1. The number of aromatic nitrogens is 1. The van der Waals surface area contributed by atoms with E-state index < -0.39 is 0 Å². The van der Waals surface area contributed by atoms with Gasteiger partial charge in [-0.25, -0.2) is 4.98 Å². The predicted molar refractivity (Wildman–Crippen MR) is 72.0 cm³/mol. The Morgan fingerprint density at radius 1 is 1.53 bits per heavy atom. The van der Waals surface area contributed by atoms with Crippen LogP contribution in [0.5, 0.6) is 0 Å². The average Bonchev–Trinajstić information content (AvgIpc) is 2.78.